The van der Waals surface area contributed by atoms with E-state index in [1.54, 1.807) is 11.1 Å². The topological polar surface area (TPSA) is 66.9 Å². The van der Waals surface area contributed by atoms with E-state index in [-0.39, 0.29) is 12.3 Å². The number of fused-ring (bicyclic) bond motifs is 1. The minimum absolute atomic E-state index is 0.157. The first-order chi connectivity index (χ1) is 18.0. The van der Waals surface area contributed by atoms with Gasteiger partial charge >= 0.3 is 0 Å². The van der Waals surface area contributed by atoms with Crippen molar-refractivity contribution in [2.75, 3.05) is 46.9 Å². The summed E-state index contributed by atoms with van der Waals surface area (Å²) in [4.78, 5) is 6.72. The Morgan fingerprint density at radius 2 is 1.84 bits per heavy atom. The molecule has 2 unspecified atom stereocenters. The van der Waals surface area contributed by atoms with E-state index in [0.717, 1.165) is 19.5 Å². The molecule has 1 heterocycles. The van der Waals surface area contributed by atoms with Gasteiger partial charge in [0.1, 0.15) is 12.0 Å². The first kappa shape index (κ1) is 29.2. The Balaban J connectivity index is 1.59. The van der Waals surface area contributed by atoms with Crippen molar-refractivity contribution in [3.8, 4) is 0 Å². The van der Waals surface area contributed by atoms with Crippen LogP contribution in [-0.2, 0) is 17.7 Å². The van der Waals surface area contributed by atoms with E-state index in [0.29, 0.717) is 18.3 Å². The molecule has 37 heavy (non-hydrogen) atoms. The highest BCUT2D eigenvalue weighted by molar-refractivity contribution is 5.81. The number of nitrogens with one attached hydrogen (secondary N) is 3. The maximum absolute atomic E-state index is 8.46. The molecule has 3 rings (SSSR count). The second-order valence-electron chi connectivity index (χ2n) is 10.6. The lowest BCUT2D eigenvalue weighted by Crippen LogP contribution is -2.46. The van der Waals surface area contributed by atoms with E-state index in [4.69, 9.17) is 10.1 Å². The van der Waals surface area contributed by atoms with Gasteiger partial charge in [0.2, 0.25) is 0 Å². The minimum Gasteiger partial charge on any atom is -0.376 e. The van der Waals surface area contributed by atoms with E-state index in [2.05, 4.69) is 59.1 Å². The van der Waals surface area contributed by atoms with Crippen LogP contribution in [0.1, 0.15) is 68.7 Å². The molecule has 0 saturated heterocycles. The van der Waals surface area contributed by atoms with Gasteiger partial charge in [-0.05, 0) is 80.5 Å². The van der Waals surface area contributed by atoms with Crippen LogP contribution in [0, 0.1) is 11.3 Å². The number of benzene rings is 1. The average Bonchev–Trinajstić information content (AvgIpc) is 3.53. The predicted molar refractivity (Wildman–Crippen MR) is 154 cm³/mol. The predicted octanol–water partition coefficient (Wildman–Crippen LogP) is 4.68. The van der Waals surface area contributed by atoms with E-state index in [1.165, 1.54) is 68.4 Å². The summed E-state index contributed by atoms with van der Waals surface area (Å²) in [6.07, 6.45) is 13.3. The second-order valence-corrected chi connectivity index (χ2v) is 10.6. The lowest BCUT2D eigenvalue weighted by Gasteiger charge is -2.28. The zero-order chi connectivity index (χ0) is 26.6. The maximum atomic E-state index is 8.46. The largest absolute Gasteiger partial charge is 0.376 e. The quantitative estimate of drug-likeness (QED) is 0.161. The average molecular weight is 511 g/mol. The van der Waals surface area contributed by atoms with Gasteiger partial charge in [0.25, 0.3) is 0 Å². The molecule has 1 aliphatic carbocycles. The lowest BCUT2D eigenvalue weighted by atomic mass is 9.96. The molecule has 0 aromatic heterocycles. The SMILES string of the molecule is C=CN(C)C(=N)CN(Cc1ccc2c(c1)CC(CCCCN(CCC)CCC)C2OC)CC1NC=CN1. The molecule has 0 fully saturated rings. The highest BCUT2D eigenvalue weighted by atomic mass is 16.5. The number of hydrogen-bond donors (Lipinski definition) is 3. The summed E-state index contributed by atoms with van der Waals surface area (Å²) < 4.78 is 6.02. The van der Waals surface area contributed by atoms with Crippen LogP contribution in [0.3, 0.4) is 0 Å². The van der Waals surface area contributed by atoms with Crippen LogP contribution >= 0.6 is 0 Å². The van der Waals surface area contributed by atoms with Gasteiger partial charge in [-0.1, -0.05) is 45.0 Å². The molecule has 0 radical (unpaired) electrons. The zero-order valence-electron chi connectivity index (χ0n) is 23.6. The van der Waals surface area contributed by atoms with Crippen molar-refractivity contribution in [1.29, 1.82) is 5.41 Å². The molecule has 0 amide bonds. The van der Waals surface area contributed by atoms with E-state index in [1.807, 2.05) is 26.6 Å². The van der Waals surface area contributed by atoms with Crippen LogP contribution in [0.5, 0.6) is 0 Å². The van der Waals surface area contributed by atoms with Gasteiger partial charge in [-0.15, -0.1) is 0 Å². The molecule has 2 atom stereocenters. The summed E-state index contributed by atoms with van der Waals surface area (Å²) in [5.74, 6) is 1.10. The molecule has 1 aromatic carbocycles. The fourth-order valence-electron chi connectivity index (χ4n) is 5.75. The molecule has 7 heteroatoms. The summed E-state index contributed by atoms with van der Waals surface area (Å²) in [6, 6.07) is 6.92. The molecule has 1 aliphatic heterocycles. The smallest absolute Gasteiger partial charge is 0.114 e. The van der Waals surface area contributed by atoms with Gasteiger partial charge < -0.3 is 25.2 Å². The monoisotopic (exact) mass is 510 g/mol. The summed E-state index contributed by atoms with van der Waals surface area (Å²) >= 11 is 0. The first-order valence-electron chi connectivity index (χ1n) is 14.2. The van der Waals surface area contributed by atoms with Gasteiger partial charge in [-0.3, -0.25) is 10.3 Å². The number of ether oxygens (including phenoxy) is 1. The Morgan fingerprint density at radius 3 is 2.49 bits per heavy atom. The molecular weight excluding hydrogens is 460 g/mol. The third-order valence-corrected chi connectivity index (χ3v) is 7.66. The van der Waals surface area contributed by atoms with Crippen LogP contribution < -0.4 is 10.6 Å². The third-order valence-electron chi connectivity index (χ3n) is 7.66. The number of hydrogen-bond acceptors (Lipinski definition) is 6. The van der Waals surface area contributed by atoms with Crippen LogP contribution in [0.15, 0.2) is 43.4 Å². The molecule has 0 saturated carbocycles. The molecule has 0 bridgehead atoms. The maximum Gasteiger partial charge on any atom is 0.114 e. The van der Waals surface area contributed by atoms with Crippen LogP contribution in [-0.4, -0.2) is 73.6 Å². The van der Waals surface area contributed by atoms with Gasteiger partial charge in [0.15, 0.2) is 0 Å². The Labute approximate surface area is 225 Å². The standard InChI is InChI=1S/C30H50N6O/c1-6-16-35(17-7-2)18-10-9-11-25-20-26-19-24(12-13-27(26)30(25)37-5)21-36(22-28(31)34(4)8-3)23-29-32-14-15-33-29/h8,12-15,19,25,29-33H,3,6-7,9-11,16-18,20-23H2,1-2,4-5H3. The van der Waals surface area contributed by atoms with Crippen molar-refractivity contribution in [2.45, 2.75) is 71.2 Å². The molecule has 3 N–H and O–H groups in total. The van der Waals surface area contributed by atoms with Crippen molar-refractivity contribution >= 4 is 5.84 Å². The number of amidine groups is 1. The highest BCUT2D eigenvalue weighted by Gasteiger charge is 2.32. The van der Waals surface area contributed by atoms with Crippen LogP contribution in [0.25, 0.3) is 0 Å². The summed E-state index contributed by atoms with van der Waals surface area (Å²) in [5, 5.41) is 15.1. The Hall–Kier alpha value is -2.35. The Kier molecular flexibility index (Phi) is 12.0. The first-order valence-corrected chi connectivity index (χ1v) is 14.2. The van der Waals surface area contributed by atoms with E-state index < -0.39 is 0 Å². The Morgan fingerprint density at radius 1 is 1.11 bits per heavy atom. The van der Waals surface area contributed by atoms with E-state index >= 15 is 0 Å². The van der Waals surface area contributed by atoms with Crippen molar-refractivity contribution in [3.05, 3.63) is 60.1 Å². The number of methoxy groups -OCH3 is 1. The van der Waals surface area contributed by atoms with Crippen molar-refractivity contribution < 1.29 is 4.74 Å². The summed E-state index contributed by atoms with van der Waals surface area (Å²) in [6.45, 7) is 14.2. The number of unbranched alkanes of at least 4 members (excludes halogenated alkanes) is 1. The number of nitrogens with zero attached hydrogens (tertiary/aromatic N) is 3. The van der Waals surface area contributed by atoms with Gasteiger partial charge in [-0.25, -0.2) is 0 Å². The normalized spacial score (nSPS) is 18.8. The molecule has 206 valence electrons. The summed E-state index contributed by atoms with van der Waals surface area (Å²) in [7, 11) is 3.75. The molecule has 0 spiro atoms. The van der Waals surface area contributed by atoms with Gasteiger partial charge in [-0.2, -0.15) is 0 Å². The molecule has 7 nitrogen and oxygen atoms in total. The lowest BCUT2D eigenvalue weighted by molar-refractivity contribution is 0.0579. The van der Waals surface area contributed by atoms with Crippen molar-refractivity contribution in [2.24, 2.45) is 5.92 Å². The van der Waals surface area contributed by atoms with Gasteiger partial charge in [0, 0.05) is 39.6 Å². The van der Waals surface area contributed by atoms with E-state index in [9.17, 15) is 0 Å². The summed E-state index contributed by atoms with van der Waals surface area (Å²) in [5.41, 5.74) is 4.10. The molecule has 2 aliphatic rings. The number of likely N-dealkylation sites (N-methyl/N-ethyl adjacent to an activating group) is 1. The highest BCUT2D eigenvalue weighted by Crippen LogP contribution is 2.41. The van der Waals surface area contributed by atoms with Crippen molar-refractivity contribution in [3.63, 3.8) is 0 Å². The van der Waals surface area contributed by atoms with Crippen molar-refractivity contribution in [1.82, 2.24) is 25.3 Å². The fraction of sp³-hybridized carbons (Fsp3) is 0.633. The van der Waals surface area contributed by atoms with Crippen LogP contribution in [0.4, 0.5) is 0 Å². The number of rotatable bonds is 17. The zero-order valence-corrected chi connectivity index (χ0v) is 23.6. The Bertz CT molecular complexity index is 873. The third kappa shape index (κ3) is 8.59. The second kappa shape index (κ2) is 15.2. The minimum atomic E-state index is 0.157. The fourth-order valence-corrected chi connectivity index (χ4v) is 5.75. The van der Waals surface area contributed by atoms with Gasteiger partial charge in [0.05, 0.1) is 12.6 Å². The molecular formula is C30H50N6O. The van der Waals surface area contributed by atoms with Crippen LogP contribution in [0.2, 0.25) is 0 Å². The molecule has 1 aromatic rings.